The van der Waals surface area contributed by atoms with Gasteiger partial charge in [0.1, 0.15) is 17.5 Å². The average Bonchev–Trinajstić information content (AvgIpc) is 2.55. The highest BCUT2D eigenvalue weighted by molar-refractivity contribution is 5.96. The molecule has 0 fully saturated rings. The summed E-state index contributed by atoms with van der Waals surface area (Å²) in [5.41, 5.74) is 1.56. The first-order chi connectivity index (χ1) is 10.6. The summed E-state index contributed by atoms with van der Waals surface area (Å²) in [6.45, 7) is 1.80. The number of rotatable bonds is 6. The number of nitrogens with one attached hydrogen (secondary N) is 2. The molecule has 1 amide bonds. The van der Waals surface area contributed by atoms with E-state index in [4.69, 9.17) is 9.47 Å². The van der Waals surface area contributed by atoms with E-state index in [1.165, 1.54) is 0 Å². The zero-order valence-electron chi connectivity index (χ0n) is 12.9. The van der Waals surface area contributed by atoms with Crippen molar-refractivity contribution in [3.8, 4) is 11.5 Å². The number of carbonyl (C=O) groups excluding carboxylic acids is 1. The zero-order chi connectivity index (χ0) is 15.9. The van der Waals surface area contributed by atoms with Gasteiger partial charge >= 0.3 is 0 Å². The minimum atomic E-state index is -0.380. The Morgan fingerprint density at radius 1 is 0.955 bits per heavy atom. The fourth-order valence-corrected chi connectivity index (χ4v) is 1.95. The summed E-state index contributed by atoms with van der Waals surface area (Å²) in [4.78, 5) is 12.2. The predicted octanol–water partition coefficient (Wildman–Crippen LogP) is 3.14. The normalized spacial score (nSPS) is 11.4. The lowest BCUT2D eigenvalue weighted by Gasteiger charge is -2.16. The second-order valence-electron chi connectivity index (χ2n) is 4.82. The monoisotopic (exact) mass is 300 g/mol. The van der Waals surface area contributed by atoms with Crippen molar-refractivity contribution in [1.29, 1.82) is 0 Å². The van der Waals surface area contributed by atoms with E-state index in [-0.39, 0.29) is 11.9 Å². The number of hydrogen-bond donors (Lipinski definition) is 2. The first-order valence-electron chi connectivity index (χ1n) is 6.98. The maximum Gasteiger partial charge on any atom is 0.246 e. The van der Waals surface area contributed by atoms with Gasteiger partial charge in [-0.25, -0.2) is 0 Å². The fraction of sp³-hybridized carbons (Fsp3) is 0.235. The Morgan fingerprint density at radius 2 is 1.64 bits per heavy atom. The van der Waals surface area contributed by atoms with Crippen LogP contribution in [0.3, 0.4) is 0 Å². The van der Waals surface area contributed by atoms with Crippen molar-refractivity contribution in [2.24, 2.45) is 0 Å². The van der Waals surface area contributed by atoms with Crippen LogP contribution >= 0.6 is 0 Å². The smallest absolute Gasteiger partial charge is 0.246 e. The number of benzene rings is 2. The molecule has 0 spiro atoms. The quantitative estimate of drug-likeness (QED) is 0.860. The van der Waals surface area contributed by atoms with Crippen LogP contribution in [0.1, 0.15) is 6.92 Å². The van der Waals surface area contributed by atoms with Gasteiger partial charge in [0.15, 0.2) is 0 Å². The standard InChI is InChI=1S/C17H20N2O3/c1-12(18-14-5-4-6-16(11-14)22-3)17(20)19-13-7-9-15(21-2)10-8-13/h4-12,18H,1-3H3,(H,19,20)/t12-/m1/s1. The molecule has 0 aliphatic heterocycles. The van der Waals surface area contributed by atoms with Crippen LogP contribution in [0.5, 0.6) is 11.5 Å². The lowest BCUT2D eigenvalue weighted by Crippen LogP contribution is -2.31. The molecule has 0 unspecified atom stereocenters. The van der Waals surface area contributed by atoms with Gasteiger partial charge in [0.25, 0.3) is 0 Å². The van der Waals surface area contributed by atoms with E-state index in [1.54, 1.807) is 45.4 Å². The van der Waals surface area contributed by atoms with Crippen LogP contribution in [-0.2, 0) is 4.79 Å². The molecule has 5 heteroatoms. The van der Waals surface area contributed by atoms with Gasteiger partial charge in [0.2, 0.25) is 5.91 Å². The van der Waals surface area contributed by atoms with Crippen molar-refractivity contribution in [1.82, 2.24) is 0 Å². The van der Waals surface area contributed by atoms with E-state index in [1.807, 2.05) is 24.3 Å². The maximum atomic E-state index is 12.2. The molecule has 0 bridgehead atoms. The average molecular weight is 300 g/mol. The molecule has 1 atom stereocenters. The van der Waals surface area contributed by atoms with Gasteiger partial charge in [-0.05, 0) is 43.3 Å². The SMILES string of the molecule is COc1ccc(NC(=O)[C@@H](C)Nc2cccc(OC)c2)cc1. The van der Waals surface area contributed by atoms with Gasteiger partial charge in [-0.15, -0.1) is 0 Å². The predicted molar refractivity (Wildman–Crippen MR) is 87.7 cm³/mol. The molecule has 0 radical (unpaired) electrons. The fourth-order valence-electron chi connectivity index (χ4n) is 1.95. The largest absolute Gasteiger partial charge is 0.497 e. The van der Waals surface area contributed by atoms with Crippen LogP contribution < -0.4 is 20.1 Å². The van der Waals surface area contributed by atoms with E-state index in [9.17, 15) is 4.79 Å². The Labute approximate surface area is 130 Å². The van der Waals surface area contributed by atoms with E-state index in [0.29, 0.717) is 0 Å². The van der Waals surface area contributed by atoms with Crippen LogP contribution in [-0.4, -0.2) is 26.2 Å². The van der Waals surface area contributed by atoms with Crippen molar-refractivity contribution in [3.63, 3.8) is 0 Å². The molecule has 2 aromatic carbocycles. The number of methoxy groups -OCH3 is 2. The summed E-state index contributed by atoms with van der Waals surface area (Å²) in [6, 6.07) is 14.3. The van der Waals surface area contributed by atoms with Gasteiger partial charge < -0.3 is 20.1 Å². The Morgan fingerprint density at radius 3 is 2.27 bits per heavy atom. The summed E-state index contributed by atoms with van der Waals surface area (Å²) < 4.78 is 10.2. The molecule has 0 heterocycles. The third-order valence-electron chi connectivity index (χ3n) is 3.20. The molecule has 5 nitrogen and oxygen atoms in total. The van der Waals surface area contributed by atoms with Gasteiger partial charge in [0.05, 0.1) is 14.2 Å². The molecule has 0 aliphatic carbocycles. The van der Waals surface area contributed by atoms with Crippen LogP contribution in [0.4, 0.5) is 11.4 Å². The zero-order valence-corrected chi connectivity index (χ0v) is 12.9. The van der Waals surface area contributed by atoms with Crippen LogP contribution in [0.25, 0.3) is 0 Å². The molecule has 0 aliphatic rings. The Bertz CT molecular complexity index is 626. The number of anilines is 2. The summed E-state index contributed by atoms with van der Waals surface area (Å²) >= 11 is 0. The van der Waals surface area contributed by atoms with E-state index < -0.39 is 0 Å². The maximum absolute atomic E-state index is 12.2. The van der Waals surface area contributed by atoms with Gasteiger partial charge in [-0.1, -0.05) is 6.07 Å². The number of hydrogen-bond acceptors (Lipinski definition) is 4. The lowest BCUT2D eigenvalue weighted by molar-refractivity contribution is -0.116. The van der Waals surface area contributed by atoms with Crippen molar-refractivity contribution in [2.75, 3.05) is 24.9 Å². The van der Waals surface area contributed by atoms with E-state index >= 15 is 0 Å². The van der Waals surface area contributed by atoms with Gasteiger partial charge in [-0.2, -0.15) is 0 Å². The van der Waals surface area contributed by atoms with Crippen molar-refractivity contribution < 1.29 is 14.3 Å². The molecule has 0 saturated heterocycles. The number of amides is 1. The van der Waals surface area contributed by atoms with Gasteiger partial charge in [0, 0.05) is 17.4 Å². The summed E-state index contributed by atoms with van der Waals surface area (Å²) in [5.74, 6) is 1.38. The first-order valence-corrected chi connectivity index (χ1v) is 6.98. The molecule has 2 rings (SSSR count). The van der Waals surface area contributed by atoms with Crippen molar-refractivity contribution >= 4 is 17.3 Å². The molecule has 116 valence electrons. The highest BCUT2D eigenvalue weighted by Gasteiger charge is 2.13. The molecular weight excluding hydrogens is 280 g/mol. The third kappa shape index (κ3) is 4.15. The minimum Gasteiger partial charge on any atom is -0.497 e. The second kappa shape index (κ2) is 7.36. The molecule has 0 aromatic heterocycles. The van der Waals surface area contributed by atoms with Crippen molar-refractivity contribution in [2.45, 2.75) is 13.0 Å². The minimum absolute atomic E-state index is 0.118. The Balaban J connectivity index is 1.96. The number of ether oxygens (including phenoxy) is 2. The summed E-state index contributed by atoms with van der Waals surface area (Å²) in [5, 5.41) is 6.00. The molecule has 0 saturated carbocycles. The molecule has 22 heavy (non-hydrogen) atoms. The molecular formula is C17H20N2O3. The van der Waals surface area contributed by atoms with Crippen LogP contribution in [0.15, 0.2) is 48.5 Å². The molecule has 2 N–H and O–H groups in total. The van der Waals surface area contributed by atoms with E-state index in [0.717, 1.165) is 22.9 Å². The number of carbonyl (C=O) groups is 1. The van der Waals surface area contributed by atoms with Crippen LogP contribution in [0.2, 0.25) is 0 Å². The van der Waals surface area contributed by atoms with Crippen LogP contribution in [0, 0.1) is 0 Å². The lowest BCUT2D eigenvalue weighted by atomic mass is 10.2. The summed E-state index contributed by atoms with van der Waals surface area (Å²) in [7, 11) is 3.21. The van der Waals surface area contributed by atoms with Crippen molar-refractivity contribution in [3.05, 3.63) is 48.5 Å². The van der Waals surface area contributed by atoms with E-state index in [2.05, 4.69) is 10.6 Å². The first kappa shape index (κ1) is 15.7. The molecule has 2 aromatic rings. The Hall–Kier alpha value is -2.69. The Kier molecular flexibility index (Phi) is 5.25. The van der Waals surface area contributed by atoms with Gasteiger partial charge in [-0.3, -0.25) is 4.79 Å². The summed E-state index contributed by atoms with van der Waals surface area (Å²) in [6.07, 6.45) is 0. The topological polar surface area (TPSA) is 59.6 Å². The second-order valence-corrected chi connectivity index (χ2v) is 4.82. The highest BCUT2D eigenvalue weighted by atomic mass is 16.5. The highest BCUT2D eigenvalue weighted by Crippen LogP contribution is 2.18. The third-order valence-corrected chi connectivity index (χ3v) is 3.20.